The molecule has 144 valence electrons. The van der Waals surface area contributed by atoms with E-state index in [0.717, 1.165) is 48.1 Å². The van der Waals surface area contributed by atoms with Crippen molar-refractivity contribution >= 4 is 5.91 Å². The summed E-state index contributed by atoms with van der Waals surface area (Å²) in [7, 11) is 1.99. The molecule has 0 unspecified atom stereocenters. The van der Waals surface area contributed by atoms with E-state index >= 15 is 0 Å². The van der Waals surface area contributed by atoms with Gasteiger partial charge in [-0.25, -0.2) is 9.97 Å². The van der Waals surface area contributed by atoms with Gasteiger partial charge in [0.15, 0.2) is 0 Å². The van der Waals surface area contributed by atoms with E-state index in [0.29, 0.717) is 19.2 Å². The second-order valence-corrected chi connectivity index (χ2v) is 6.94. The first-order valence-electron chi connectivity index (χ1n) is 9.67. The quantitative estimate of drug-likeness (QED) is 0.786. The Hall–Kier alpha value is -2.47. The van der Waals surface area contributed by atoms with Gasteiger partial charge in [-0.15, -0.1) is 0 Å². The SMILES string of the molecule is CCOc1ccc(-c2cncnc2)cc1CNC(=O)C1CCC(NC)CC1. The second-order valence-electron chi connectivity index (χ2n) is 6.94. The Balaban J connectivity index is 1.68. The number of carbonyl (C=O) groups is 1. The van der Waals surface area contributed by atoms with Crippen LogP contribution < -0.4 is 15.4 Å². The minimum atomic E-state index is 0.107. The number of ether oxygens (including phenoxy) is 1. The molecule has 0 radical (unpaired) electrons. The number of nitrogens with zero attached hydrogens (tertiary/aromatic N) is 2. The smallest absolute Gasteiger partial charge is 0.223 e. The zero-order chi connectivity index (χ0) is 19.1. The summed E-state index contributed by atoms with van der Waals surface area (Å²) in [6, 6.07) is 6.53. The first-order chi connectivity index (χ1) is 13.2. The highest BCUT2D eigenvalue weighted by atomic mass is 16.5. The van der Waals surface area contributed by atoms with Gasteiger partial charge in [0.1, 0.15) is 12.1 Å². The van der Waals surface area contributed by atoms with Crippen LogP contribution in [0.5, 0.6) is 5.75 Å². The van der Waals surface area contributed by atoms with E-state index < -0.39 is 0 Å². The molecule has 6 heteroatoms. The predicted octanol–water partition coefficient (Wildman–Crippen LogP) is 2.94. The van der Waals surface area contributed by atoms with Crippen LogP contribution in [0, 0.1) is 5.92 Å². The maximum atomic E-state index is 12.6. The first kappa shape index (κ1) is 19.3. The van der Waals surface area contributed by atoms with Crippen LogP contribution in [0.1, 0.15) is 38.2 Å². The molecule has 1 amide bonds. The standard InChI is InChI=1S/C21H28N4O2/c1-3-27-20-9-6-16(18-11-23-14-24-12-18)10-17(20)13-25-21(26)15-4-7-19(22-2)8-5-15/h6,9-12,14-15,19,22H,3-5,7-8,13H2,1-2H3,(H,25,26). The summed E-state index contributed by atoms with van der Waals surface area (Å²) in [5.74, 6) is 1.05. The van der Waals surface area contributed by atoms with Crippen LogP contribution >= 0.6 is 0 Å². The fourth-order valence-corrected chi connectivity index (χ4v) is 3.61. The maximum absolute atomic E-state index is 12.6. The Morgan fingerprint density at radius 1 is 1.15 bits per heavy atom. The molecule has 6 nitrogen and oxygen atoms in total. The van der Waals surface area contributed by atoms with E-state index in [1.54, 1.807) is 12.4 Å². The summed E-state index contributed by atoms with van der Waals surface area (Å²) < 4.78 is 5.74. The average Bonchev–Trinajstić information content (AvgIpc) is 2.73. The van der Waals surface area contributed by atoms with Crippen molar-refractivity contribution < 1.29 is 9.53 Å². The van der Waals surface area contributed by atoms with Crippen LogP contribution in [0.2, 0.25) is 0 Å². The summed E-state index contributed by atoms with van der Waals surface area (Å²) >= 11 is 0. The van der Waals surface area contributed by atoms with Crippen LogP contribution in [-0.2, 0) is 11.3 Å². The van der Waals surface area contributed by atoms with Crippen LogP contribution in [0.25, 0.3) is 11.1 Å². The minimum Gasteiger partial charge on any atom is -0.494 e. The Labute approximate surface area is 160 Å². The third-order valence-electron chi connectivity index (χ3n) is 5.21. The molecule has 1 aromatic carbocycles. The van der Waals surface area contributed by atoms with Gasteiger partial charge in [0.05, 0.1) is 6.61 Å². The summed E-state index contributed by atoms with van der Waals surface area (Å²) in [5.41, 5.74) is 2.92. The third-order valence-corrected chi connectivity index (χ3v) is 5.21. The molecule has 0 spiro atoms. The monoisotopic (exact) mass is 368 g/mol. The normalized spacial score (nSPS) is 19.5. The van der Waals surface area contributed by atoms with E-state index in [1.165, 1.54) is 6.33 Å². The fraction of sp³-hybridized carbons (Fsp3) is 0.476. The van der Waals surface area contributed by atoms with Gasteiger partial charge in [-0.2, -0.15) is 0 Å². The maximum Gasteiger partial charge on any atom is 0.223 e. The molecule has 1 saturated carbocycles. The van der Waals surface area contributed by atoms with Crippen molar-refractivity contribution in [1.29, 1.82) is 0 Å². The van der Waals surface area contributed by atoms with Crippen LogP contribution in [0.15, 0.2) is 36.9 Å². The average molecular weight is 368 g/mol. The lowest BCUT2D eigenvalue weighted by Gasteiger charge is -2.27. The summed E-state index contributed by atoms with van der Waals surface area (Å²) in [5, 5.41) is 6.41. The van der Waals surface area contributed by atoms with E-state index in [-0.39, 0.29) is 11.8 Å². The molecule has 0 atom stereocenters. The van der Waals surface area contributed by atoms with Gasteiger partial charge in [-0.05, 0) is 57.4 Å². The highest BCUT2D eigenvalue weighted by Gasteiger charge is 2.25. The first-order valence-corrected chi connectivity index (χ1v) is 9.67. The van der Waals surface area contributed by atoms with Gasteiger partial charge in [0, 0.05) is 42.0 Å². The van der Waals surface area contributed by atoms with Crippen molar-refractivity contribution in [2.75, 3.05) is 13.7 Å². The molecule has 1 heterocycles. The molecule has 1 aliphatic carbocycles. The molecule has 1 aliphatic rings. The van der Waals surface area contributed by atoms with Crippen molar-refractivity contribution in [2.45, 2.75) is 45.2 Å². The van der Waals surface area contributed by atoms with E-state index in [2.05, 4.69) is 20.6 Å². The molecule has 2 aromatic rings. The van der Waals surface area contributed by atoms with Gasteiger partial charge in [0.25, 0.3) is 0 Å². The van der Waals surface area contributed by atoms with Gasteiger partial charge >= 0.3 is 0 Å². The number of benzene rings is 1. The molecule has 0 aliphatic heterocycles. The van der Waals surface area contributed by atoms with Crippen molar-refractivity contribution in [1.82, 2.24) is 20.6 Å². The van der Waals surface area contributed by atoms with Gasteiger partial charge in [0.2, 0.25) is 5.91 Å². The molecule has 0 saturated heterocycles. The van der Waals surface area contributed by atoms with Crippen LogP contribution in [-0.4, -0.2) is 35.6 Å². The topological polar surface area (TPSA) is 76.1 Å². The largest absolute Gasteiger partial charge is 0.494 e. The van der Waals surface area contributed by atoms with Crippen LogP contribution in [0.3, 0.4) is 0 Å². The number of nitrogens with one attached hydrogen (secondary N) is 2. The molecule has 0 bridgehead atoms. The zero-order valence-electron chi connectivity index (χ0n) is 16.1. The number of rotatable bonds is 7. The molecule has 2 N–H and O–H groups in total. The number of aromatic nitrogens is 2. The molecule has 27 heavy (non-hydrogen) atoms. The van der Waals surface area contributed by atoms with E-state index in [1.807, 2.05) is 32.2 Å². The number of hydrogen-bond acceptors (Lipinski definition) is 5. The Kier molecular flexibility index (Phi) is 6.76. The van der Waals surface area contributed by atoms with Gasteiger partial charge in [-0.1, -0.05) is 6.07 Å². The lowest BCUT2D eigenvalue weighted by Crippen LogP contribution is -2.37. The van der Waals surface area contributed by atoms with Crippen molar-refractivity contribution in [2.24, 2.45) is 5.92 Å². The van der Waals surface area contributed by atoms with Crippen LogP contribution in [0.4, 0.5) is 0 Å². The fourth-order valence-electron chi connectivity index (χ4n) is 3.61. The third kappa shape index (κ3) is 5.04. The second kappa shape index (κ2) is 9.46. The molecular formula is C21H28N4O2. The lowest BCUT2D eigenvalue weighted by atomic mass is 9.85. The lowest BCUT2D eigenvalue weighted by molar-refractivity contribution is -0.126. The summed E-state index contributed by atoms with van der Waals surface area (Å²) in [4.78, 5) is 20.8. The minimum absolute atomic E-state index is 0.107. The number of carbonyl (C=O) groups excluding carboxylic acids is 1. The van der Waals surface area contributed by atoms with E-state index in [9.17, 15) is 4.79 Å². The van der Waals surface area contributed by atoms with E-state index in [4.69, 9.17) is 4.74 Å². The Bertz CT molecular complexity index is 743. The summed E-state index contributed by atoms with van der Waals surface area (Å²) in [6.07, 6.45) is 9.08. The zero-order valence-corrected chi connectivity index (χ0v) is 16.1. The molecule has 3 rings (SSSR count). The van der Waals surface area contributed by atoms with Gasteiger partial charge < -0.3 is 15.4 Å². The van der Waals surface area contributed by atoms with Gasteiger partial charge in [-0.3, -0.25) is 4.79 Å². The Morgan fingerprint density at radius 3 is 2.56 bits per heavy atom. The van der Waals surface area contributed by atoms with Crippen molar-refractivity contribution in [3.63, 3.8) is 0 Å². The van der Waals surface area contributed by atoms with Crippen molar-refractivity contribution in [3.05, 3.63) is 42.5 Å². The highest BCUT2D eigenvalue weighted by molar-refractivity contribution is 5.79. The predicted molar refractivity (Wildman–Crippen MR) is 105 cm³/mol. The molecular weight excluding hydrogens is 340 g/mol. The summed E-state index contributed by atoms with van der Waals surface area (Å²) in [6.45, 7) is 3.01. The molecule has 1 aromatic heterocycles. The number of amides is 1. The van der Waals surface area contributed by atoms with Crippen molar-refractivity contribution in [3.8, 4) is 16.9 Å². The number of hydrogen-bond donors (Lipinski definition) is 2. The highest BCUT2D eigenvalue weighted by Crippen LogP contribution is 2.27. The molecule has 1 fully saturated rings. The Morgan fingerprint density at radius 2 is 1.89 bits per heavy atom.